The molecule has 0 radical (unpaired) electrons. The first kappa shape index (κ1) is 32.8. The van der Waals surface area contributed by atoms with E-state index >= 15 is 0 Å². The van der Waals surface area contributed by atoms with E-state index in [4.69, 9.17) is 9.57 Å². The minimum atomic E-state index is -5.31. The number of anilines is 2. The predicted molar refractivity (Wildman–Crippen MR) is 175 cm³/mol. The smallest absolute Gasteiger partial charge is 0.459 e. The molecule has 1 saturated heterocycles. The number of fused-ring (bicyclic) bond motifs is 2. The molecule has 1 fully saturated rings. The van der Waals surface area contributed by atoms with Crippen LogP contribution in [0.3, 0.4) is 0 Å². The second kappa shape index (κ2) is 12.8. The summed E-state index contributed by atoms with van der Waals surface area (Å²) in [6.07, 6.45) is -2.76. The van der Waals surface area contributed by atoms with Crippen molar-refractivity contribution in [2.45, 2.75) is 32.5 Å². The fraction of sp³-hybridized carbons (Fsp3) is 0.314. The molecular formula is C35H34F3N5O5. The largest absolute Gasteiger partial charge is 0.493 e. The van der Waals surface area contributed by atoms with Crippen molar-refractivity contribution in [1.82, 2.24) is 14.6 Å². The van der Waals surface area contributed by atoms with Gasteiger partial charge in [-0.05, 0) is 68.8 Å². The molecule has 4 heterocycles. The normalized spacial score (nSPS) is 15.1. The molecule has 2 aliphatic rings. The molecule has 1 amide bonds. The van der Waals surface area contributed by atoms with E-state index in [0.717, 1.165) is 42.2 Å². The number of rotatable bonds is 7. The molecule has 250 valence electrons. The number of halogens is 3. The lowest BCUT2D eigenvalue weighted by Crippen LogP contribution is -2.44. The Balaban J connectivity index is 1.59. The molecule has 0 spiro atoms. The fourth-order valence-corrected chi connectivity index (χ4v) is 6.08. The van der Waals surface area contributed by atoms with Gasteiger partial charge in [-0.25, -0.2) is 14.6 Å². The molecule has 2 aliphatic heterocycles. The van der Waals surface area contributed by atoms with E-state index in [9.17, 15) is 27.6 Å². The highest BCUT2D eigenvalue weighted by Gasteiger charge is 2.43. The van der Waals surface area contributed by atoms with Gasteiger partial charge < -0.3 is 24.3 Å². The molecule has 0 unspecified atom stereocenters. The molecule has 0 aliphatic carbocycles. The Hall–Kier alpha value is -5.17. The van der Waals surface area contributed by atoms with Crippen molar-refractivity contribution >= 4 is 40.3 Å². The predicted octanol–water partition coefficient (Wildman–Crippen LogP) is 5.28. The van der Waals surface area contributed by atoms with Crippen LogP contribution in [0.15, 0.2) is 67.4 Å². The molecule has 2 aromatic carbocycles. The summed E-state index contributed by atoms with van der Waals surface area (Å²) in [5, 5.41) is 0.237. The van der Waals surface area contributed by atoms with Gasteiger partial charge in [-0.2, -0.15) is 17.9 Å². The number of piperazine rings is 1. The van der Waals surface area contributed by atoms with Crippen LogP contribution in [0, 0.1) is 0 Å². The summed E-state index contributed by atoms with van der Waals surface area (Å²) >= 11 is 0. The number of likely N-dealkylation sites (N-methyl/N-ethyl adjacent to an activating group) is 1. The van der Waals surface area contributed by atoms with E-state index in [2.05, 4.69) is 28.4 Å². The van der Waals surface area contributed by atoms with Crippen molar-refractivity contribution in [3.63, 3.8) is 0 Å². The van der Waals surface area contributed by atoms with Crippen LogP contribution in [0.5, 0.6) is 0 Å². The van der Waals surface area contributed by atoms with Gasteiger partial charge in [0, 0.05) is 66.8 Å². The summed E-state index contributed by atoms with van der Waals surface area (Å²) in [6, 6.07) is 14.1. The SMILES string of the molecule is C=CC(=O)N1CCc2ccc(-c3c(-c4ccc(N5CCN(C)CC5)cc4)n(OC(=O)C(F)(F)F)c4ncc(C(=O)OC(C)C)cc34)cc21. The first-order valence-corrected chi connectivity index (χ1v) is 15.5. The Kier molecular flexibility index (Phi) is 8.73. The molecular weight excluding hydrogens is 627 g/mol. The average Bonchev–Trinajstić information content (AvgIpc) is 3.62. The summed E-state index contributed by atoms with van der Waals surface area (Å²) in [7, 11) is 2.05. The maximum absolute atomic E-state index is 13.7. The highest BCUT2D eigenvalue weighted by molar-refractivity contribution is 6.08. The van der Waals surface area contributed by atoms with Crippen LogP contribution in [-0.2, 0) is 20.7 Å². The molecule has 0 N–H and O–H groups in total. The monoisotopic (exact) mass is 661 g/mol. The highest BCUT2D eigenvalue weighted by atomic mass is 19.4. The molecule has 0 atom stereocenters. The molecule has 4 aromatic rings. The van der Waals surface area contributed by atoms with Crippen molar-refractivity contribution in [2.24, 2.45) is 0 Å². The van der Waals surface area contributed by atoms with Crippen molar-refractivity contribution in [2.75, 3.05) is 49.6 Å². The number of benzene rings is 2. The number of carbonyl (C=O) groups is 3. The summed E-state index contributed by atoms with van der Waals surface area (Å²) in [4.78, 5) is 53.4. The Morgan fingerprint density at radius 1 is 0.958 bits per heavy atom. The summed E-state index contributed by atoms with van der Waals surface area (Å²) in [6.45, 7) is 10.8. The van der Waals surface area contributed by atoms with Crippen molar-refractivity contribution < 1.29 is 37.1 Å². The lowest BCUT2D eigenvalue weighted by Gasteiger charge is -2.34. The number of nitrogens with zero attached hydrogens (tertiary/aromatic N) is 5. The van der Waals surface area contributed by atoms with E-state index in [-0.39, 0.29) is 28.2 Å². The van der Waals surface area contributed by atoms with Crippen LogP contribution in [0.25, 0.3) is 33.4 Å². The number of ether oxygens (including phenoxy) is 1. The molecule has 0 bridgehead atoms. The Morgan fingerprint density at radius 2 is 1.65 bits per heavy atom. The first-order valence-electron chi connectivity index (χ1n) is 15.5. The average molecular weight is 662 g/mol. The zero-order chi connectivity index (χ0) is 34.3. The summed E-state index contributed by atoms with van der Waals surface area (Å²) < 4.78 is 47.1. The summed E-state index contributed by atoms with van der Waals surface area (Å²) in [5.41, 5.74) is 3.76. The molecule has 0 saturated carbocycles. The maximum atomic E-state index is 13.7. The lowest BCUT2D eigenvalue weighted by molar-refractivity contribution is -0.199. The minimum Gasteiger partial charge on any atom is -0.459 e. The highest BCUT2D eigenvalue weighted by Crippen LogP contribution is 2.43. The second-order valence-electron chi connectivity index (χ2n) is 12.1. The van der Waals surface area contributed by atoms with E-state index in [1.165, 1.54) is 18.3 Å². The van der Waals surface area contributed by atoms with E-state index in [1.54, 1.807) is 43.0 Å². The van der Waals surface area contributed by atoms with E-state index in [0.29, 0.717) is 35.3 Å². The van der Waals surface area contributed by atoms with Gasteiger partial charge in [0.15, 0.2) is 5.65 Å². The first-order chi connectivity index (χ1) is 22.8. The zero-order valence-electron chi connectivity index (χ0n) is 26.7. The third-order valence-corrected chi connectivity index (χ3v) is 8.47. The zero-order valence-corrected chi connectivity index (χ0v) is 26.7. The van der Waals surface area contributed by atoms with Crippen LogP contribution in [0.1, 0.15) is 29.8 Å². The lowest BCUT2D eigenvalue weighted by atomic mass is 9.96. The molecule has 48 heavy (non-hydrogen) atoms. The van der Waals surface area contributed by atoms with Gasteiger partial charge in [-0.15, -0.1) is 0 Å². The van der Waals surface area contributed by atoms with Crippen molar-refractivity contribution in [1.29, 1.82) is 0 Å². The number of hydrogen-bond donors (Lipinski definition) is 0. The second-order valence-corrected chi connectivity index (χ2v) is 12.1. The number of hydrogen-bond acceptors (Lipinski definition) is 8. The Bertz CT molecular complexity index is 1910. The third-order valence-electron chi connectivity index (χ3n) is 8.47. The number of esters is 1. The minimum absolute atomic E-state index is 0.0540. The quantitative estimate of drug-likeness (QED) is 0.195. The number of pyridine rings is 1. The van der Waals surface area contributed by atoms with Crippen molar-refractivity contribution in [3.8, 4) is 22.4 Å². The van der Waals surface area contributed by atoms with E-state index in [1.807, 2.05) is 18.2 Å². The number of amides is 1. The Labute approximate surface area is 274 Å². The van der Waals surface area contributed by atoms with Gasteiger partial charge in [0.2, 0.25) is 5.91 Å². The third kappa shape index (κ3) is 6.25. The van der Waals surface area contributed by atoms with Gasteiger partial charge in [-0.3, -0.25) is 4.79 Å². The van der Waals surface area contributed by atoms with Crippen molar-refractivity contribution in [3.05, 3.63) is 78.5 Å². The van der Waals surface area contributed by atoms with Gasteiger partial charge >= 0.3 is 18.1 Å². The Morgan fingerprint density at radius 3 is 2.29 bits per heavy atom. The topological polar surface area (TPSA) is 97.2 Å². The molecule has 6 rings (SSSR count). The fourth-order valence-electron chi connectivity index (χ4n) is 6.08. The molecule has 2 aromatic heterocycles. The standard InChI is InChI=1S/C35H34F3N5O5/c1-5-29(44)42-13-12-22-6-7-24(19-28(22)42)30-27-18-25(33(45)47-21(2)3)20-39-32(27)43(48-34(46)35(36,37)38)31(30)23-8-10-26(11-9-23)41-16-14-40(4)15-17-41/h5-11,18-21H,1,12-17H2,2-4H3. The van der Waals surface area contributed by atoms with Crippen LogP contribution < -0.4 is 14.6 Å². The maximum Gasteiger partial charge on any atom is 0.493 e. The van der Waals surface area contributed by atoms with Gasteiger partial charge in [0.1, 0.15) is 0 Å². The number of aromatic nitrogens is 2. The van der Waals surface area contributed by atoms with E-state index < -0.39 is 24.2 Å². The van der Waals surface area contributed by atoms with Crippen LogP contribution >= 0.6 is 0 Å². The van der Waals surface area contributed by atoms with Gasteiger partial charge in [0.25, 0.3) is 0 Å². The number of carbonyl (C=O) groups excluding carboxylic acids is 3. The number of alkyl halides is 3. The molecule has 10 nitrogen and oxygen atoms in total. The van der Waals surface area contributed by atoms with Gasteiger partial charge in [0.05, 0.1) is 17.4 Å². The summed E-state index contributed by atoms with van der Waals surface area (Å²) in [5.74, 6) is -3.42. The van der Waals surface area contributed by atoms with Gasteiger partial charge in [-0.1, -0.05) is 30.8 Å². The van der Waals surface area contributed by atoms with Crippen LogP contribution in [-0.4, -0.2) is 84.5 Å². The molecule has 13 heteroatoms. The van der Waals surface area contributed by atoms with Crippen LogP contribution in [0.2, 0.25) is 0 Å². The van der Waals surface area contributed by atoms with Crippen LogP contribution in [0.4, 0.5) is 24.5 Å².